The van der Waals surface area contributed by atoms with Crippen molar-refractivity contribution >= 4 is 5.91 Å². The molecule has 4 heteroatoms. The van der Waals surface area contributed by atoms with Crippen LogP contribution >= 0.6 is 0 Å². The lowest BCUT2D eigenvalue weighted by molar-refractivity contribution is 0.0921. The summed E-state index contributed by atoms with van der Waals surface area (Å²) in [6, 6.07) is 0. The molecule has 1 aromatic rings. The van der Waals surface area contributed by atoms with E-state index < -0.39 is 0 Å². The van der Waals surface area contributed by atoms with Crippen molar-refractivity contribution in [1.29, 1.82) is 0 Å². The van der Waals surface area contributed by atoms with Crippen LogP contribution in [0.25, 0.3) is 0 Å². The zero-order valence-corrected chi connectivity index (χ0v) is 4.40. The molecule has 0 aliphatic carbocycles. The molecule has 0 spiro atoms. The second-order valence-electron chi connectivity index (χ2n) is 1.36. The lowest BCUT2D eigenvalue weighted by atomic mass is 10.7. The molecular formula is C4H5N3O. The van der Waals surface area contributed by atoms with E-state index in [1.54, 1.807) is 0 Å². The molecule has 0 radical (unpaired) electrons. The minimum atomic E-state index is -0.123. The zero-order chi connectivity index (χ0) is 5.98. The first-order valence-corrected chi connectivity index (χ1v) is 2.16. The van der Waals surface area contributed by atoms with Gasteiger partial charge in [-0.05, 0) is 0 Å². The summed E-state index contributed by atoms with van der Waals surface area (Å²) in [6.07, 6.45) is 2.68. The van der Waals surface area contributed by atoms with Crippen molar-refractivity contribution < 1.29 is 4.79 Å². The summed E-state index contributed by atoms with van der Waals surface area (Å²) in [7, 11) is 0. The monoisotopic (exact) mass is 111 g/mol. The normalized spacial score (nSPS) is 9.12. The molecule has 0 atom stereocenters. The van der Waals surface area contributed by atoms with Gasteiger partial charge in [-0.25, -0.2) is 4.98 Å². The summed E-state index contributed by atoms with van der Waals surface area (Å²) in [5.74, 6) is -0.123. The predicted molar refractivity (Wildman–Crippen MR) is 26.3 cm³/mol. The van der Waals surface area contributed by atoms with Crippen LogP contribution in [0.5, 0.6) is 0 Å². The Morgan fingerprint density at radius 2 is 2.50 bits per heavy atom. The van der Waals surface area contributed by atoms with Crippen molar-refractivity contribution in [1.82, 2.24) is 14.8 Å². The number of hydrogen-bond donors (Lipinski definition) is 0. The largest absolute Gasteiger partial charge is 0.273 e. The van der Waals surface area contributed by atoms with Crippen LogP contribution in [0.15, 0.2) is 12.7 Å². The Bertz CT molecular complexity index is 179. The Morgan fingerprint density at radius 3 is 2.75 bits per heavy atom. The third kappa shape index (κ3) is 0.726. The van der Waals surface area contributed by atoms with Crippen molar-refractivity contribution in [2.45, 2.75) is 6.92 Å². The summed E-state index contributed by atoms with van der Waals surface area (Å²) in [6.45, 7) is 1.43. The van der Waals surface area contributed by atoms with Crippen LogP contribution in [0.3, 0.4) is 0 Å². The molecule has 0 amide bonds. The first-order chi connectivity index (χ1) is 3.80. The molecule has 0 unspecified atom stereocenters. The fourth-order valence-electron chi connectivity index (χ4n) is 0.371. The van der Waals surface area contributed by atoms with Crippen LogP contribution < -0.4 is 0 Å². The fourth-order valence-corrected chi connectivity index (χ4v) is 0.371. The fraction of sp³-hybridized carbons (Fsp3) is 0.250. The molecule has 0 fully saturated rings. The van der Waals surface area contributed by atoms with Crippen LogP contribution in [0.4, 0.5) is 0 Å². The van der Waals surface area contributed by atoms with Crippen molar-refractivity contribution in [2.24, 2.45) is 0 Å². The van der Waals surface area contributed by atoms with Gasteiger partial charge in [0.25, 0.3) is 0 Å². The molecule has 0 saturated heterocycles. The lowest BCUT2D eigenvalue weighted by Crippen LogP contribution is -2.04. The minimum absolute atomic E-state index is 0.123. The Balaban J connectivity index is 2.93. The molecule has 1 rings (SSSR count). The quantitative estimate of drug-likeness (QED) is 0.471. The molecular weight excluding hydrogens is 106 g/mol. The number of hydrogen-bond acceptors (Lipinski definition) is 3. The average molecular weight is 111 g/mol. The maximum Gasteiger partial charge on any atom is 0.245 e. The Hall–Kier alpha value is -1.19. The van der Waals surface area contributed by atoms with Gasteiger partial charge in [-0.3, -0.25) is 4.79 Å². The van der Waals surface area contributed by atoms with E-state index in [1.165, 1.54) is 24.3 Å². The van der Waals surface area contributed by atoms with Gasteiger partial charge in [0.05, 0.1) is 0 Å². The summed E-state index contributed by atoms with van der Waals surface area (Å²) in [4.78, 5) is 13.9. The van der Waals surface area contributed by atoms with E-state index in [9.17, 15) is 4.79 Å². The van der Waals surface area contributed by atoms with E-state index in [1.807, 2.05) is 0 Å². The van der Waals surface area contributed by atoms with Crippen molar-refractivity contribution in [3.8, 4) is 0 Å². The second kappa shape index (κ2) is 1.73. The third-order valence-electron chi connectivity index (χ3n) is 0.741. The molecule has 0 N–H and O–H groups in total. The van der Waals surface area contributed by atoms with E-state index >= 15 is 0 Å². The Labute approximate surface area is 46.1 Å². The summed E-state index contributed by atoms with van der Waals surface area (Å²) >= 11 is 0. The third-order valence-corrected chi connectivity index (χ3v) is 0.741. The van der Waals surface area contributed by atoms with Crippen molar-refractivity contribution in [3.05, 3.63) is 12.7 Å². The van der Waals surface area contributed by atoms with Crippen LogP contribution in [0, 0.1) is 0 Å². The van der Waals surface area contributed by atoms with Gasteiger partial charge in [-0.1, -0.05) is 0 Å². The lowest BCUT2D eigenvalue weighted by Gasteiger charge is -1.85. The van der Waals surface area contributed by atoms with Gasteiger partial charge in [0, 0.05) is 6.92 Å². The van der Waals surface area contributed by atoms with Crippen LogP contribution in [-0.2, 0) is 0 Å². The van der Waals surface area contributed by atoms with E-state index in [4.69, 9.17) is 0 Å². The number of aromatic nitrogens is 3. The number of rotatable bonds is 0. The summed E-state index contributed by atoms with van der Waals surface area (Å²) in [5, 5.41) is 3.57. The molecule has 1 heterocycles. The SMILES string of the molecule is CC(=O)n1cncn1. The van der Waals surface area contributed by atoms with Gasteiger partial charge < -0.3 is 0 Å². The summed E-state index contributed by atoms with van der Waals surface area (Å²) in [5.41, 5.74) is 0. The predicted octanol–water partition coefficient (Wildman–Crippen LogP) is -0.0618. The minimum Gasteiger partial charge on any atom is -0.273 e. The van der Waals surface area contributed by atoms with Gasteiger partial charge in [0.2, 0.25) is 5.91 Å². The molecule has 1 aromatic heterocycles. The first-order valence-electron chi connectivity index (χ1n) is 2.16. The Morgan fingerprint density at radius 1 is 1.75 bits per heavy atom. The van der Waals surface area contributed by atoms with E-state index in [2.05, 4.69) is 10.1 Å². The molecule has 0 aromatic carbocycles. The van der Waals surface area contributed by atoms with Gasteiger partial charge in [0.15, 0.2) is 0 Å². The van der Waals surface area contributed by atoms with E-state index in [-0.39, 0.29) is 5.91 Å². The molecule has 0 aliphatic rings. The number of carbonyl (C=O) groups excluding carboxylic acids is 1. The van der Waals surface area contributed by atoms with Crippen LogP contribution in [0.2, 0.25) is 0 Å². The molecule has 0 bridgehead atoms. The Kier molecular flexibility index (Phi) is 1.07. The van der Waals surface area contributed by atoms with Gasteiger partial charge in [-0.15, -0.1) is 0 Å². The topological polar surface area (TPSA) is 47.8 Å². The molecule has 0 aliphatic heterocycles. The zero-order valence-electron chi connectivity index (χ0n) is 4.40. The first kappa shape index (κ1) is 4.96. The smallest absolute Gasteiger partial charge is 0.245 e. The van der Waals surface area contributed by atoms with Crippen LogP contribution in [0.1, 0.15) is 11.7 Å². The highest BCUT2D eigenvalue weighted by atomic mass is 16.2. The number of carbonyl (C=O) groups is 1. The van der Waals surface area contributed by atoms with Gasteiger partial charge in [-0.2, -0.15) is 9.78 Å². The number of nitrogens with zero attached hydrogens (tertiary/aromatic N) is 3. The maximum atomic E-state index is 10.4. The standard InChI is InChI=1S/C4H5N3O/c1-4(8)7-3-5-2-6-7/h2-3H,1H3. The van der Waals surface area contributed by atoms with Gasteiger partial charge >= 0.3 is 0 Å². The highest BCUT2D eigenvalue weighted by Crippen LogP contribution is 1.75. The van der Waals surface area contributed by atoms with Gasteiger partial charge in [0.1, 0.15) is 12.7 Å². The van der Waals surface area contributed by atoms with Crippen molar-refractivity contribution in [2.75, 3.05) is 0 Å². The molecule has 42 valence electrons. The van der Waals surface area contributed by atoms with Crippen LogP contribution in [-0.4, -0.2) is 20.7 Å². The average Bonchev–Trinajstić information content (AvgIpc) is 2.12. The van der Waals surface area contributed by atoms with E-state index in [0.717, 1.165) is 0 Å². The molecule has 4 nitrogen and oxygen atoms in total. The second-order valence-corrected chi connectivity index (χ2v) is 1.36. The molecule has 8 heavy (non-hydrogen) atoms. The maximum absolute atomic E-state index is 10.4. The highest BCUT2D eigenvalue weighted by molar-refractivity contribution is 5.74. The highest BCUT2D eigenvalue weighted by Gasteiger charge is 1.92. The van der Waals surface area contributed by atoms with Crippen molar-refractivity contribution in [3.63, 3.8) is 0 Å². The van der Waals surface area contributed by atoms with E-state index in [0.29, 0.717) is 0 Å². The molecule has 0 saturated carbocycles. The summed E-state index contributed by atoms with van der Waals surface area (Å²) < 4.78 is 1.17.